The molecule has 1 aliphatic carbocycles. The molecule has 162 valence electrons. The van der Waals surface area contributed by atoms with Crippen molar-refractivity contribution in [1.82, 2.24) is 5.32 Å². The normalized spacial score (nSPS) is 25.6. The molecule has 8 nitrogen and oxygen atoms in total. The highest BCUT2D eigenvalue weighted by Gasteiger charge is 2.56. The Balaban J connectivity index is 1.33. The maximum atomic E-state index is 12.1. The number of unbranched alkanes of at least 4 members (excludes halogenated alkanes) is 2. The number of carbonyl (C=O) groups excluding carboxylic acids is 2. The zero-order valence-corrected chi connectivity index (χ0v) is 17.2. The van der Waals surface area contributed by atoms with Crippen LogP contribution in [-0.2, 0) is 28.5 Å². The van der Waals surface area contributed by atoms with Crippen LogP contribution in [0.4, 0.5) is 4.79 Å². The predicted molar refractivity (Wildman–Crippen MR) is 102 cm³/mol. The Bertz CT molecular complexity index is 487. The first kappa shape index (κ1) is 22.9. The lowest BCUT2D eigenvalue weighted by Crippen LogP contribution is -2.29. The fraction of sp³-hybridized carbons (Fsp3) is 0.900. The minimum Gasteiger partial charge on any atom is -0.463 e. The van der Waals surface area contributed by atoms with Crippen LogP contribution in [0, 0.1) is 5.92 Å². The van der Waals surface area contributed by atoms with Gasteiger partial charge in [-0.3, -0.25) is 4.79 Å². The Labute approximate surface area is 167 Å². The Hall–Kier alpha value is -1.38. The van der Waals surface area contributed by atoms with Crippen LogP contribution in [0.3, 0.4) is 0 Å². The molecule has 0 radical (unpaired) electrons. The molecule has 3 atom stereocenters. The number of rotatable bonds is 14. The zero-order chi connectivity index (χ0) is 20.2. The second kappa shape index (κ2) is 12.2. The van der Waals surface area contributed by atoms with Gasteiger partial charge in [-0.25, -0.2) is 4.79 Å². The maximum absolute atomic E-state index is 12.1. The van der Waals surface area contributed by atoms with Gasteiger partial charge in [-0.15, -0.1) is 0 Å². The molecule has 2 aliphatic rings. The monoisotopic (exact) mass is 401 g/mol. The van der Waals surface area contributed by atoms with Crippen LogP contribution in [-0.4, -0.2) is 70.0 Å². The van der Waals surface area contributed by atoms with Crippen LogP contribution < -0.4 is 5.32 Å². The predicted octanol–water partition coefficient (Wildman–Crippen LogP) is 2.44. The number of ether oxygens (including phenoxy) is 5. The van der Waals surface area contributed by atoms with E-state index in [1.54, 1.807) is 0 Å². The maximum Gasteiger partial charge on any atom is 0.407 e. The van der Waals surface area contributed by atoms with E-state index in [2.05, 4.69) is 19.2 Å². The molecule has 3 unspecified atom stereocenters. The van der Waals surface area contributed by atoms with Crippen LogP contribution >= 0.6 is 0 Å². The molecule has 8 heteroatoms. The standard InChI is InChI=1S/C20H35NO7/c1-3-4-5-8-21-19(23)27-14-12-25-10-9-24-11-13-26-18(22)16-6-7-17-20(2,15-16)28-17/h16-17H,3-15H2,1-2H3,(H,21,23). The molecule has 0 aromatic rings. The van der Waals surface area contributed by atoms with E-state index in [0.29, 0.717) is 39.1 Å². The van der Waals surface area contributed by atoms with Crippen LogP contribution in [0.5, 0.6) is 0 Å². The second-order valence-corrected chi connectivity index (χ2v) is 7.56. The van der Waals surface area contributed by atoms with Gasteiger partial charge >= 0.3 is 12.1 Å². The third-order valence-corrected chi connectivity index (χ3v) is 5.15. The molecule has 1 N–H and O–H groups in total. The van der Waals surface area contributed by atoms with Crippen molar-refractivity contribution in [1.29, 1.82) is 0 Å². The molecule has 2 rings (SSSR count). The molecule has 1 saturated carbocycles. The number of amides is 1. The topological polar surface area (TPSA) is 95.6 Å². The molecule has 1 heterocycles. The number of alkyl carbamates (subject to hydrolysis) is 1. The van der Waals surface area contributed by atoms with E-state index >= 15 is 0 Å². The van der Waals surface area contributed by atoms with Crippen molar-refractivity contribution in [2.75, 3.05) is 46.2 Å². The first-order chi connectivity index (χ1) is 13.5. The van der Waals surface area contributed by atoms with Gasteiger partial charge in [0.05, 0.1) is 44.1 Å². The van der Waals surface area contributed by atoms with Crippen molar-refractivity contribution in [3.63, 3.8) is 0 Å². The highest BCUT2D eigenvalue weighted by molar-refractivity contribution is 5.73. The minimum atomic E-state index is -0.409. The molecule has 0 aromatic carbocycles. The number of nitrogens with one attached hydrogen (secondary N) is 1. The summed E-state index contributed by atoms with van der Waals surface area (Å²) in [4.78, 5) is 23.4. The number of carbonyl (C=O) groups is 2. The van der Waals surface area contributed by atoms with Crippen LogP contribution in [0.15, 0.2) is 0 Å². The van der Waals surface area contributed by atoms with Crippen molar-refractivity contribution >= 4 is 12.1 Å². The lowest BCUT2D eigenvalue weighted by Gasteiger charge is -2.21. The van der Waals surface area contributed by atoms with Gasteiger partial charge in [0.1, 0.15) is 13.2 Å². The summed E-state index contributed by atoms with van der Waals surface area (Å²) in [6.45, 7) is 6.73. The van der Waals surface area contributed by atoms with E-state index in [0.717, 1.165) is 38.5 Å². The van der Waals surface area contributed by atoms with Crippen molar-refractivity contribution in [3.8, 4) is 0 Å². The minimum absolute atomic E-state index is 0.0593. The smallest absolute Gasteiger partial charge is 0.407 e. The van der Waals surface area contributed by atoms with Crippen molar-refractivity contribution in [2.45, 2.75) is 64.1 Å². The number of hydrogen-bond donors (Lipinski definition) is 1. The van der Waals surface area contributed by atoms with Crippen molar-refractivity contribution in [2.24, 2.45) is 5.92 Å². The Morgan fingerprint density at radius 3 is 2.36 bits per heavy atom. The van der Waals surface area contributed by atoms with E-state index in [1.165, 1.54) is 0 Å². The highest BCUT2D eigenvalue weighted by atomic mass is 16.6. The van der Waals surface area contributed by atoms with E-state index in [1.807, 2.05) is 0 Å². The van der Waals surface area contributed by atoms with Gasteiger partial charge in [0.25, 0.3) is 0 Å². The summed E-state index contributed by atoms with van der Waals surface area (Å²) in [6, 6.07) is 0. The first-order valence-electron chi connectivity index (χ1n) is 10.5. The number of esters is 1. The molecular weight excluding hydrogens is 366 g/mol. The summed E-state index contributed by atoms with van der Waals surface area (Å²) in [6.07, 6.45) is 5.64. The average molecular weight is 402 g/mol. The molecule has 1 amide bonds. The summed E-state index contributed by atoms with van der Waals surface area (Å²) in [5, 5.41) is 2.69. The molecule has 0 spiro atoms. The lowest BCUT2D eigenvalue weighted by molar-refractivity contribution is -0.151. The highest BCUT2D eigenvalue weighted by Crippen LogP contribution is 2.49. The van der Waals surface area contributed by atoms with Crippen molar-refractivity contribution < 1.29 is 33.3 Å². The van der Waals surface area contributed by atoms with Gasteiger partial charge in [0.2, 0.25) is 0 Å². The fourth-order valence-corrected chi connectivity index (χ4v) is 3.43. The lowest BCUT2D eigenvalue weighted by atomic mass is 9.82. The van der Waals surface area contributed by atoms with E-state index in [-0.39, 0.29) is 30.7 Å². The van der Waals surface area contributed by atoms with Crippen LogP contribution in [0.1, 0.15) is 52.4 Å². The Kier molecular flexibility index (Phi) is 10.0. The summed E-state index contributed by atoms with van der Waals surface area (Å²) in [5.41, 5.74) is -0.102. The summed E-state index contributed by atoms with van der Waals surface area (Å²) < 4.78 is 26.6. The SMILES string of the molecule is CCCCCNC(=O)OCCOCCOCCOC(=O)C1CCC2OC2(C)C1. The van der Waals surface area contributed by atoms with Gasteiger partial charge in [-0.1, -0.05) is 19.8 Å². The molecule has 0 aromatic heterocycles. The molecular formula is C20H35NO7. The van der Waals surface area contributed by atoms with E-state index < -0.39 is 6.09 Å². The molecule has 2 fully saturated rings. The zero-order valence-electron chi connectivity index (χ0n) is 17.2. The summed E-state index contributed by atoms with van der Waals surface area (Å²) in [7, 11) is 0. The Morgan fingerprint density at radius 1 is 1.00 bits per heavy atom. The Morgan fingerprint density at radius 2 is 1.68 bits per heavy atom. The first-order valence-corrected chi connectivity index (χ1v) is 10.5. The molecule has 28 heavy (non-hydrogen) atoms. The van der Waals surface area contributed by atoms with Crippen LogP contribution in [0.2, 0.25) is 0 Å². The second-order valence-electron chi connectivity index (χ2n) is 7.56. The quantitative estimate of drug-likeness (QED) is 0.271. The van der Waals surface area contributed by atoms with Crippen molar-refractivity contribution in [3.05, 3.63) is 0 Å². The number of fused-ring (bicyclic) bond motifs is 1. The molecule has 1 saturated heterocycles. The van der Waals surface area contributed by atoms with Gasteiger partial charge in [-0.2, -0.15) is 0 Å². The van der Waals surface area contributed by atoms with E-state index in [9.17, 15) is 9.59 Å². The third-order valence-electron chi connectivity index (χ3n) is 5.15. The summed E-state index contributed by atoms with van der Waals surface area (Å²) in [5.74, 6) is -0.212. The average Bonchev–Trinajstić information content (AvgIpc) is 3.37. The fourth-order valence-electron chi connectivity index (χ4n) is 3.43. The van der Waals surface area contributed by atoms with Crippen LogP contribution in [0.25, 0.3) is 0 Å². The third kappa shape index (κ3) is 8.32. The van der Waals surface area contributed by atoms with E-state index in [4.69, 9.17) is 23.7 Å². The number of epoxide rings is 1. The van der Waals surface area contributed by atoms with Gasteiger partial charge in [0.15, 0.2) is 0 Å². The summed E-state index contributed by atoms with van der Waals surface area (Å²) >= 11 is 0. The molecule has 1 aliphatic heterocycles. The molecule has 0 bridgehead atoms. The van der Waals surface area contributed by atoms with Gasteiger partial charge < -0.3 is 29.0 Å². The van der Waals surface area contributed by atoms with Gasteiger partial charge in [0, 0.05) is 6.54 Å². The largest absolute Gasteiger partial charge is 0.463 e. The van der Waals surface area contributed by atoms with Gasteiger partial charge in [-0.05, 0) is 32.6 Å². The number of hydrogen-bond acceptors (Lipinski definition) is 7.